The highest BCUT2D eigenvalue weighted by Crippen LogP contribution is 2.24. The maximum Gasteiger partial charge on any atom is 0.264 e. The smallest absolute Gasteiger partial charge is 0.264 e. The number of nitrogens with zero attached hydrogens (tertiary/aromatic N) is 2. The van der Waals surface area contributed by atoms with Gasteiger partial charge in [-0.2, -0.15) is 0 Å². The van der Waals surface area contributed by atoms with Gasteiger partial charge in [0.2, 0.25) is 5.91 Å². The van der Waals surface area contributed by atoms with Crippen molar-refractivity contribution in [2.45, 2.75) is 31.1 Å². The van der Waals surface area contributed by atoms with Crippen LogP contribution in [0.1, 0.15) is 24.8 Å². The van der Waals surface area contributed by atoms with Gasteiger partial charge in [-0.3, -0.25) is 9.10 Å². The molecule has 0 unspecified atom stereocenters. The molecule has 3 rings (SSSR count). The van der Waals surface area contributed by atoms with Crippen LogP contribution in [0.15, 0.2) is 59.5 Å². The summed E-state index contributed by atoms with van der Waals surface area (Å²) in [5.41, 5.74) is 1.36. The molecule has 5 nitrogen and oxygen atoms in total. The fourth-order valence-corrected chi connectivity index (χ4v) is 4.70. The van der Waals surface area contributed by atoms with Crippen molar-refractivity contribution in [2.75, 3.05) is 23.9 Å². The molecule has 2 aromatic rings. The monoisotopic (exact) mass is 372 g/mol. The van der Waals surface area contributed by atoms with Gasteiger partial charge in [-0.05, 0) is 56.0 Å². The summed E-state index contributed by atoms with van der Waals surface area (Å²) in [5.74, 6) is -0.148. The van der Waals surface area contributed by atoms with E-state index in [-0.39, 0.29) is 17.3 Å². The molecule has 0 N–H and O–H groups in total. The Bertz CT molecular complexity index is 860. The van der Waals surface area contributed by atoms with E-state index in [4.69, 9.17) is 0 Å². The van der Waals surface area contributed by atoms with Gasteiger partial charge in [0.1, 0.15) is 6.54 Å². The van der Waals surface area contributed by atoms with E-state index in [0.29, 0.717) is 18.8 Å². The number of benzene rings is 2. The first-order valence-electron chi connectivity index (χ1n) is 8.91. The highest BCUT2D eigenvalue weighted by atomic mass is 32.2. The summed E-state index contributed by atoms with van der Waals surface area (Å²) in [6.45, 7) is 3.07. The first-order chi connectivity index (χ1) is 12.5. The lowest BCUT2D eigenvalue weighted by Gasteiger charge is -2.30. The molecule has 1 amide bonds. The Balaban J connectivity index is 1.94. The van der Waals surface area contributed by atoms with E-state index >= 15 is 0 Å². The van der Waals surface area contributed by atoms with Crippen molar-refractivity contribution in [3.05, 3.63) is 60.2 Å². The Hall–Kier alpha value is -2.34. The van der Waals surface area contributed by atoms with Gasteiger partial charge in [-0.15, -0.1) is 0 Å². The Morgan fingerprint density at radius 1 is 1.00 bits per heavy atom. The predicted molar refractivity (Wildman–Crippen MR) is 103 cm³/mol. The lowest BCUT2D eigenvalue weighted by molar-refractivity contribution is -0.130. The van der Waals surface area contributed by atoms with Crippen LogP contribution in [0.4, 0.5) is 5.69 Å². The van der Waals surface area contributed by atoms with Gasteiger partial charge in [0, 0.05) is 13.1 Å². The molecule has 0 aliphatic carbocycles. The zero-order valence-electron chi connectivity index (χ0n) is 15.0. The van der Waals surface area contributed by atoms with Crippen molar-refractivity contribution < 1.29 is 13.2 Å². The summed E-state index contributed by atoms with van der Waals surface area (Å²) in [5, 5.41) is 0. The van der Waals surface area contributed by atoms with E-state index in [1.807, 2.05) is 19.1 Å². The van der Waals surface area contributed by atoms with Crippen molar-refractivity contribution in [1.82, 2.24) is 4.90 Å². The van der Waals surface area contributed by atoms with Crippen LogP contribution in [0.25, 0.3) is 0 Å². The number of para-hydroxylation sites is 1. The third-order valence-electron chi connectivity index (χ3n) is 4.61. The largest absolute Gasteiger partial charge is 0.341 e. The van der Waals surface area contributed by atoms with E-state index in [1.165, 1.54) is 4.31 Å². The Morgan fingerprint density at radius 2 is 1.69 bits per heavy atom. The minimum absolute atomic E-state index is 0.148. The SMILES string of the molecule is Cc1cccc(S(=O)(=O)N(CC(=O)N2CCCCC2)c2ccccc2)c1. The zero-order valence-corrected chi connectivity index (χ0v) is 15.8. The first-order valence-corrected chi connectivity index (χ1v) is 10.3. The summed E-state index contributed by atoms with van der Waals surface area (Å²) in [7, 11) is -3.82. The van der Waals surface area contributed by atoms with Gasteiger partial charge in [0.15, 0.2) is 0 Å². The quantitative estimate of drug-likeness (QED) is 0.810. The number of sulfonamides is 1. The van der Waals surface area contributed by atoms with Gasteiger partial charge >= 0.3 is 0 Å². The van der Waals surface area contributed by atoms with Gasteiger partial charge in [0.25, 0.3) is 10.0 Å². The first kappa shape index (κ1) is 18.5. The van der Waals surface area contributed by atoms with E-state index in [0.717, 1.165) is 24.8 Å². The van der Waals surface area contributed by atoms with Crippen molar-refractivity contribution in [2.24, 2.45) is 0 Å². The topological polar surface area (TPSA) is 57.7 Å². The molecule has 6 heteroatoms. The highest BCUT2D eigenvalue weighted by molar-refractivity contribution is 7.92. The van der Waals surface area contributed by atoms with Crippen LogP contribution in [0.3, 0.4) is 0 Å². The third-order valence-corrected chi connectivity index (χ3v) is 6.38. The second kappa shape index (κ2) is 7.91. The standard InChI is InChI=1S/C20H24N2O3S/c1-17-9-8-12-19(15-17)26(24,25)22(18-10-4-2-5-11-18)16-20(23)21-13-6-3-7-14-21/h2,4-5,8-12,15H,3,6-7,13-14,16H2,1H3. The van der Waals surface area contributed by atoms with E-state index in [1.54, 1.807) is 47.4 Å². The number of hydrogen-bond donors (Lipinski definition) is 0. The third kappa shape index (κ3) is 4.07. The summed E-state index contributed by atoms with van der Waals surface area (Å²) >= 11 is 0. The summed E-state index contributed by atoms with van der Waals surface area (Å²) in [6.07, 6.45) is 3.07. The van der Waals surface area contributed by atoms with Gasteiger partial charge < -0.3 is 4.90 Å². The molecule has 1 aliphatic heterocycles. The number of amides is 1. The molecule has 1 saturated heterocycles. The van der Waals surface area contributed by atoms with Crippen molar-refractivity contribution >= 4 is 21.6 Å². The number of carbonyl (C=O) groups excluding carboxylic acids is 1. The fourth-order valence-electron chi connectivity index (χ4n) is 3.18. The van der Waals surface area contributed by atoms with Crippen LogP contribution in [-0.4, -0.2) is 38.9 Å². The molecule has 0 aromatic heterocycles. The molecule has 0 bridgehead atoms. The molecule has 0 atom stereocenters. The van der Waals surface area contributed by atoms with E-state index < -0.39 is 10.0 Å². The number of hydrogen-bond acceptors (Lipinski definition) is 3. The lowest BCUT2D eigenvalue weighted by Crippen LogP contribution is -2.44. The molecule has 26 heavy (non-hydrogen) atoms. The van der Waals surface area contributed by atoms with Crippen LogP contribution in [0, 0.1) is 6.92 Å². The van der Waals surface area contributed by atoms with E-state index in [9.17, 15) is 13.2 Å². The molecule has 0 spiro atoms. The summed E-state index contributed by atoms with van der Waals surface area (Å²) in [6, 6.07) is 15.6. The molecule has 1 heterocycles. The average molecular weight is 372 g/mol. The van der Waals surface area contributed by atoms with Crippen LogP contribution >= 0.6 is 0 Å². The molecule has 2 aromatic carbocycles. The number of anilines is 1. The summed E-state index contributed by atoms with van der Waals surface area (Å²) < 4.78 is 27.7. The van der Waals surface area contributed by atoms with Crippen molar-refractivity contribution in [3.8, 4) is 0 Å². The number of rotatable bonds is 5. The molecule has 1 fully saturated rings. The van der Waals surface area contributed by atoms with Gasteiger partial charge in [0.05, 0.1) is 10.6 Å². The van der Waals surface area contributed by atoms with Crippen LogP contribution < -0.4 is 4.31 Å². The van der Waals surface area contributed by atoms with Crippen LogP contribution in [-0.2, 0) is 14.8 Å². The lowest BCUT2D eigenvalue weighted by atomic mass is 10.1. The number of carbonyl (C=O) groups is 1. The average Bonchev–Trinajstić information content (AvgIpc) is 2.67. The van der Waals surface area contributed by atoms with E-state index in [2.05, 4.69) is 0 Å². The molecular weight excluding hydrogens is 348 g/mol. The Kier molecular flexibility index (Phi) is 5.61. The van der Waals surface area contributed by atoms with Crippen molar-refractivity contribution in [3.63, 3.8) is 0 Å². The predicted octanol–water partition coefficient (Wildman–Crippen LogP) is 3.20. The van der Waals surface area contributed by atoms with Gasteiger partial charge in [-0.25, -0.2) is 8.42 Å². The zero-order chi connectivity index (χ0) is 18.6. The Morgan fingerprint density at radius 3 is 2.35 bits per heavy atom. The minimum Gasteiger partial charge on any atom is -0.341 e. The number of piperidine rings is 1. The molecule has 1 aliphatic rings. The molecular formula is C20H24N2O3S. The number of likely N-dealkylation sites (tertiary alicyclic amines) is 1. The highest BCUT2D eigenvalue weighted by Gasteiger charge is 2.29. The minimum atomic E-state index is -3.82. The Labute approximate surface area is 155 Å². The second-order valence-corrected chi connectivity index (χ2v) is 8.47. The maximum atomic E-state index is 13.3. The second-order valence-electron chi connectivity index (χ2n) is 6.61. The van der Waals surface area contributed by atoms with Crippen LogP contribution in [0.2, 0.25) is 0 Å². The maximum absolute atomic E-state index is 13.3. The fraction of sp³-hybridized carbons (Fsp3) is 0.350. The number of aryl methyl sites for hydroxylation is 1. The van der Waals surface area contributed by atoms with Gasteiger partial charge in [-0.1, -0.05) is 30.3 Å². The normalized spacial score (nSPS) is 14.9. The van der Waals surface area contributed by atoms with Crippen LogP contribution in [0.5, 0.6) is 0 Å². The molecule has 138 valence electrons. The molecule has 0 radical (unpaired) electrons. The molecule has 0 saturated carbocycles. The summed E-state index contributed by atoms with van der Waals surface area (Å²) in [4.78, 5) is 14.7. The van der Waals surface area contributed by atoms with Crippen molar-refractivity contribution in [1.29, 1.82) is 0 Å².